The molecule has 0 aromatic heterocycles. The van der Waals surface area contributed by atoms with Crippen LogP contribution in [0.5, 0.6) is 11.5 Å². The topological polar surface area (TPSA) is 38.8 Å². The molecule has 4 heteroatoms. The highest BCUT2D eigenvalue weighted by Crippen LogP contribution is 2.31. The summed E-state index contributed by atoms with van der Waals surface area (Å²) in [5.74, 6) is 1.70. The van der Waals surface area contributed by atoms with Gasteiger partial charge in [0.1, 0.15) is 13.2 Å². The number of rotatable bonds is 3. The second-order valence-electron chi connectivity index (χ2n) is 4.89. The first-order chi connectivity index (χ1) is 8.74. The lowest BCUT2D eigenvalue weighted by Gasteiger charge is -2.20. The minimum atomic E-state index is 0.175. The third-order valence-corrected chi connectivity index (χ3v) is 3.45. The largest absolute Gasteiger partial charge is 0.486 e. The fourth-order valence-corrected chi connectivity index (χ4v) is 2.16. The van der Waals surface area contributed by atoms with Crippen molar-refractivity contribution in [1.29, 1.82) is 0 Å². The first-order valence-electron chi connectivity index (χ1n) is 6.38. The number of fused-ring (bicyclic) bond motifs is 1. The van der Waals surface area contributed by atoms with Crippen molar-refractivity contribution >= 4 is 5.91 Å². The maximum absolute atomic E-state index is 12.0. The van der Waals surface area contributed by atoms with Crippen LogP contribution in [0.1, 0.15) is 18.4 Å². The van der Waals surface area contributed by atoms with Gasteiger partial charge in [-0.1, -0.05) is 6.07 Å². The molecule has 1 heterocycles. The van der Waals surface area contributed by atoms with Crippen molar-refractivity contribution in [3.05, 3.63) is 23.8 Å². The average molecular weight is 247 g/mol. The smallest absolute Gasteiger partial charge is 0.226 e. The van der Waals surface area contributed by atoms with E-state index in [1.807, 2.05) is 30.1 Å². The number of carbonyl (C=O) groups excluding carboxylic acids is 1. The maximum atomic E-state index is 12.0. The summed E-state index contributed by atoms with van der Waals surface area (Å²) in [6.45, 7) is 1.17. The number of nitrogens with zero attached hydrogens (tertiary/aromatic N) is 1. The molecule has 1 aliphatic carbocycles. The number of hydrogen-bond acceptors (Lipinski definition) is 3. The van der Waals surface area contributed by atoms with Crippen molar-refractivity contribution in [3.63, 3.8) is 0 Å². The lowest BCUT2D eigenvalue weighted by Crippen LogP contribution is -2.30. The molecule has 18 heavy (non-hydrogen) atoms. The van der Waals surface area contributed by atoms with Crippen LogP contribution in [0.2, 0.25) is 0 Å². The standard InChI is InChI=1S/C14H17NO3/c1-15(11-3-4-11)14(16)9-10-2-5-12-13(8-10)18-7-6-17-12/h2,5,8,11H,3-4,6-7,9H2,1H3. The minimum absolute atomic E-state index is 0.175. The van der Waals surface area contributed by atoms with Gasteiger partial charge < -0.3 is 14.4 Å². The van der Waals surface area contributed by atoms with Crippen LogP contribution in [0.4, 0.5) is 0 Å². The van der Waals surface area contributed by atoms with E-state index in [0.717, 1.165) is 29.9 Å². The summed E-state index contributed by atoms with van der Waals surface area (Å²) in [5.41, 5.74) is 0.983. The predicted molar refractivity (Wildman–Crippen MR) is 66.9 cm³/mol. The van der Waals surface area contributed by atoms with Crippen LogP contribution >= 0.6 is 0 Å². The monoisotopic (exact) mass is 247 g/mol. The Balaban J connectivity index is 1.70. The third kappa shape index (κ3) is 2.28. The van der Waals surface area contributed by atoms with Crippen LogP contribution in [0.15, 0.2) is 18.2 Å². The molecule has 0 bridgehead atoms. The second-order valence-corrected chi connectivity index (χ2v) is 4.89. The van der Waals surface area contributed by atoms with Crippen LogP contribution in [0.3, 0.4) is 0 Å². The van der Waals surface area contributed by atoms with Crippen molar-refractivity contribution in [2.75, 3.05) is 20.3 Å². The first kappa shape index (κ1) is 11.4. The number of amides is 1. The molecule has 1 aromatic carbocycles. The van der Waals surface area contributed by atoms with Crippen molar-refractivity contribution in [2.24, 2.45) is 0 Å². The van der Waals surface area contributed by atoms with Crippen molar-refractivity contribution in [3.8, 4) is 11.5 Å². The fraction of sp³-hybridized carbons (Fsp3) is 0.500. The normalized spacial score (nSPS) is 17.4. The fourth-order valence-electron chi connectivity index (χ4n) is 2.16. The molecule has 4 nitrogen and oxygen atoms in total. The summed E-state index contributed by atoms with van der Waals surface area (Å²) in [7, 11) is 1.89. The van der Waals surface area contributed by atoms with Gasteiger partial charge in [0.2, 0.25) is 5.91 Å². The molecule has 0 radical (unpaired) electrons. The highest BCUT2D eigenvalue weighted by atomic mass is 16.6. The summed E-state index contributed by atoms with van der Waals surface area (Å²) in [4.78, 5) is 13.9. The van der Waals surface area contributed by atoms with Gasteiger partial charge in [-0.15, -0.1) is 0 Å². The SMILES string of the molecule is CN(C(=O)Cc1ccc2c(c1)OCCO2)C1CC1. The van der Waals surface area contributed by atoms with Gasteiger partial charge in [0.25, 0.3) is 0 Å². The molecule has 96 valence electrons. The lowest BCUT2D eigenvalue weighted by atomic mass is 10.1. The third-order valence-electron chi connectivity index (χ3n) is 3.45. The highest BCUT2D eigenvalue weighted by Gasteiger charge is 2.29. The van der Waals surface area contributed by atoms with Crippen LogP contribution in [0.25, 0.3) is 0 Å². The zero-order valence-electron chi connectivity index (χ0n) is 10.5. The van der Waals surface area contributed by atoms with Crippen LogP contribution in [0, 0.1) is 0 Å². The summed E-state index contributed by atoms with van der Waals surface area (Å²) in [6.07, 6.45) is 2.72. The predicted octanol–water partition coefficient (Wildman–Crippen LogP) is 1.62. The first-order valence-corrected chi connectivity index (χ1v) is 6.38. The van der Waals surface area contributed by atoms with Crippen molar-refractivity contribution in [1.82, 2.24) is 4.90 Å². The van der Waals surface area contributed by atoms with E-state index in [9.17, 15) is 4.79 Å². The average Bonchev–Trinajstić information content (AvgIpc) is 3.22. The van der Waals surface area contributed by atoms with Gasteiger partial charge in [0, 0.05) is 13.1 Å². The van der Waals surface area contributed by atoms with E-state index in [0.29, 0.717) is 25.7 Å². The Kier molecular flexibility index (Phi) is 2.86. The Bertz CT molecular complexity index is 468. The van der Waals surface area contributed by atoms with Gasteiger partial charge in [-0.25, -0.2) is 0 Å². The molecule has 1 fully saturated rings. The molecular weight excluding hydrogens is 230 g/mol. The lowest BCUT2D eigenvalue weighted by molar-refractivity contribution is -0.129. The van der Waals surface area contributed by atoms with Gasteiger partial charge in [-0.05, 0) is 30.5 Å². The number of hydrogen-bond donors (Lipinski definition) is 0. The second kappa shape index (κ2) is 4.52. The number of benzene rings is 1. The summed E-state index contributed by atoms with van der Waals surface area (Å²) in [6, 6.07) is 6.20. The van der Waals surface area contributed by atoms with E-state index in [1.54, 1.807) is 0 Å². The zero-order valence-corrected chi connectivity index (χ0v) is 10.5. The molecule has 0 saturated heterocycles. The van der Waals surface area contributed by atoms with Crippen LogP contribution < -0.4 is 9.47 Å². The molecule has 0 atom stereocenters. The molecule has 1 aliphatic heterocycles. The van der Waals surface area contributed by atoms with Crippen LogP contribution in [-0.2, 0) is 11.2 Å². The Labute approximate surface area is 106 Å². The van der Waals surface area contributed by atoms with E-state index in [2.05, 4.69) is 0 Å². The van der Waals surface area contributed by atoms with E-state index in [4.69, 9.17) is 9.47 Å². The van der Waals surface area contributed by atoms with Gasteiger partial charge in [0.15, 0.2) is 11.5 Å². The maximum Gasteiger partial charge on any atom is 0.226 e. The van der Waals surface area contributed by atoms with Gasteiger partial charge in [-0.3, -0.25) is 4.79 Å². The van der Waals surface area contributed by atoms with Crippen LogP contribution in [-0.4, -0.2) is 37.1 Å². The molecule has 2 aliphatic rings. The molecule has 1 saturated carbocycles. The Hall–Kier alpha value is -1.71. The summed E-state index contributed by atoms with van der Waals surface area (Å²) in [5, 5.41) is 0. The zero-order chi connectivity index (χ0) is 12.5. The number of likely N-dealkylation sites (N-methyl/N-ethyl adjacent to an activating group) is 1. The number of carbonyl (C=O) groups is 1. The molecule has 0 spiro atoms. The Morgan fingerprint density at radius 3 is 2.72 bits per heavy atom. The Morgan fingerprint density at radius 1 is 1.28 bits per heavy atom. The summed E-state index contributed by atoms with van der Waals surface area (Å²) >= 11 is 0. The quantitative estimate of drug-likeness (QED) is 0.814. The van der Waals surface area contributed by atoms with E-state index in [1.165, 1.54) is 0 Å². The van der Waals surface area contributed by atoms with E-state index >= 15 is 0 Å². The molecule has 0 N–H and O–H groups in total. The molecular formula is C14H17NO3. The molecule has 3 rings (SSSR count). The molecule has 1 aromatic rings. The molecule has 0 unspecified atom stereocenters. The minimum Gasteiger partial charge on any atom is -0.486 e. The van der Waals surface area contributed by atoms with Crippen molar-refractivity contribution < 1.29 is 14.3 Å². The van der Waals surface area contributed by atoms with Gasteiger partial charge >= 0.3 is 0 Å². The van der Waals surface area contributed by atoms with Gasteiger partial charge in [-0.2, -0.15) is 0 Å². The molecule has 1 amide bonds. The Morgan fingerprint density at radius 2 is 2.00 bits per heavy atom. The highest BCUT2D eigenvalue weighted by molar-refractivity contribution is 5.79. The van der Waals surface area contributed by atoms with Crippen molar-refractivity contribution in [2.45, 2.75) is 25.3 Å². The summed E-state index contributed by atoms with van der Waals surface area (Å²) < 4.78 is 11.0. The van der Waals surface area contributed by atoms with E-state index < -0.39 is 0 Å². The van der Waals surface area contributed by atoms with E-state index in [-0.39, 0.29) is 5.91 Å². The van der Waals surface area contributed by atoms with Gasteiger partial charge in [0.05, 0.1) is 6.42 Å². The number of ether oxygens (including phenoxy) is 2.